The molecule has 1 aromatic carbocycles. The molecule has 3 aliphatic rings. The summed E-state index contributed by atoms with van der Waals surface area (Å²) in [5.74, 6) is -0.675. The van der Waals surface area contributed by atoms with Crippen LogP contribution in [0.15, 0.2) is 18.2 Å². The van der Waals surface area contributed by atoms with Crippen molar-refractivity contribution in [3.63, 3.8) is 0 Å². The molecule has 6 heteroatoms. The van der Waals surface area contributed by atoms with Crippen molar-refractivity contribution in [2.24, 2.45) is 5.41 Å². The molecule has 1 saturated carbocycles. The van der Waals surface area contributed by atoms with Gasteiger partial charge in [0.25, 0.3) is 0 Å². The van der Waals surface area contributed by atoms with E-state index in [0.717, 1.165) is 48.3 Å². The first kappa shape index (κ1) is 16.9. The van der Waals surface area contributed by atoms with Gasteiger partial charge in [-0.3, -0.25) is 24.1 Å². The summed E-state index contributed by atoms with van der Waals surface area (Å²) in [6, 6.07) is 5.13. The zero-order chi connectivity index (χ0) is 18.5. The van der Waals surface area contributed by atoms with Crippen LogP contribution in [-0.4, -0.2) is 42.0 Å². The lowest BCUT2D eigenvalue weighted by Crippen LogP contribution is -2.39. The van der Waals surface area contributed by atoms with E-state index in [4.69, 9.17) is 0 Å². The van der Waals surface area contributed by atoms with Gasteiger partial charge in [0.1, 0.15) is 0 Å². The zero-order valence-electron chi connectivity index (χ0n) is 14.9. The summed E-state index contributed by atoms with van der Waals surface area (Å²) in [5, 5.41) is 0. The van der Waals surface area contributed by atoms with Gasteiger partial charge in [-0.1, -0.05) is 19.3 Å². The number of likely N-dealkylation sites (tertiary alicyclic amines) is 1. The number of imide groups is 1. The first-order chi connectivity index (χ1) is 12.4. The monoisotopic (exact) mass is 354 g/mol. The molecule has 4 rings (SSSR count). The standard InChI is InChI=1S/C20H22N2O4/c1-21-15-6-5-13(9-14(15)10-17(21)24)16(23)12-22-18(25)11-20(19(22)26)7-3-2-4-8-20/h5-6,9H,2-4,7-8,10-12H2,1H3. The van der Waals surface area contributed by atoms with E-state index in [-0.39, 0.29) is 42.9 Å². The number of amides is 3. The molecule has 1 spiro atoms. The average molecular weight is 354 g/mol. The molecular weight excluding hydrogens is 332 g/mol. The van der Waals surface area contributed by atoms with Gasteiger partial charge in [0, 0.05) is 24.7 Å². The Bertz CT molecular complexity index is 823. The first-order valence-electron chi connectivity index (χ1n) is 9.19. The van der Waals surface area contributed by atoms with Crippen molar-refractivity contribution >= 4 is 29.2 Å². The molecule has 0 N–H and O–H groups in total. The second-order valence-electron chi connectivity index (χ2n) is 7.70. The Kier molecular flexibility index (Phi) is 3.93. The van der Waals surface area contributed by atoms with Crippen LogP contribution in [0.3, 0.4) is 0 Å². The third-order valence-corrected chi connectivity index (χ3v) is 6.08. The van der Waals surface area contributed by atoms with Crippen molar-refractivity contribution in [3.05, 3.63) is 29.3 Å². The van der Waals surface area contributed by atoms with Gasteiger partial charge in [-0.05, 0) is 36.6 Å². The highest BCUT2D eigenvalue weighted by molar-refractivity contribution is 6.11. The number of fused-ring (bicyclic) bond motifs is 1. The zero-order valence-corrected chi connectivity index (χ0v) is 14.9. The molecule has 2 fully saturated rings. The van der Waals surface area contributed by atoms with Crippen LogP contribution < -0.4 is 4.90 Å². The fourth-order valence-corrected chi connectivity index (χ4v) is 4.52. The molecule has 136 valence electrons. The molecule has 0 atom stereocenters. The molecule has 1 aromatic rings. The summed E-state index contributed by atoms with van der Waals surface area (Å²) in [6.45, 7) is -0.206. The number of rotatable bonds is 3. The number of hydrogen-bond donors (Lipinski definition) is 0. The maximum atomic E-state index is 12.8. The van der Waals surface area contributed by atoms with E-state index in [1.165, 1.54) is 0 Å². The first-order valence-corrected chi connectivity index (χ1v) is 9.19. The largest absolute Gasteiger partial charge is 0.315 e. The molecular formula is C20H22N2O4. The van der Waals surface area contributed by atoms with E-state index in [1.807, 2.05) is 0 Å². The van der Waals surface area contributed by atoms with Crippen molar-refractivity contribution in [2.45, 2.75) is 44.9 Å². The molecule has 6 nitrogen and oxygen atoms in total. The van der Waals surface area contributed by atoms with Gasteiger partial charge in [0.2, 0.25) is 17.7 Å². The van der Waals surface area contributed by atoms with Crippen LogP contribution >= 0.6 is 0 Å². The van der Waals surface area contributed by atoms with Crippen molar-refractivity contribution in [1.82, 2.24) is 4.90 Å². The molecule has 0 bridgehead atoms. The summed E-state index contributed by atoms with van der Waals surface area (Å²) < 4.78 is 0. The van der Waals surface area contributed by atoms with Gasteiger partial charge < -0.3 is 4.90 Å². The van der Waals surface area contributed by atoms with Gasteiger partial charge in [-0.25, -0.2) is 0 Å². The fourth-order valence-electron chi connectivity index (χ4n) is 4.52. The normalized spacial score (nSPS) is 21.7. The van der Waals surface area contributed by atoms with Gasteiger partial charge >= 0.3 is 0 Å². The van der Waals surface area contributed by atoms with E-state index in [0.29, 0.717) is 5.56 Å². The minimum Gasteiger partial charge on any atom is -0.315 e. The molecule has 0 radical (unpaired) electrons. The van der Waals surface area contributed by atoms with Crippen molar-refractivity contribution in [3.8, 4) is 0 Å². The highest BCUT2D eigenvalue weighted by atomic mass is 16.2. The average Bonchev–Trinajstić information content (AvgIpc) is 3.03. The minimum atomic E-state index is -0.567. The summed E-state index contributed by atoms with van der Waals surface area (Å²) in [4.78, 5) is 52.4. The van der Waals surface area contributed by atoms with E-state index in [2.05, 4.69) is 0 Å². The lowest BCUT2D eigenvalue weighted by molar-refractivity contribution is -0.141. The number of ketones is 1. The molecule has 2 heterocycles. The SMILES string of the molecule is CN1C(=O)Cc2cc(C(=O)CN3C(=O)CC4(CCCCC4)C3=O)ccc21. The Labute approximate surface area is 152 Å². The highest BCUT2D eigenvalue weighted by Gasteiger charge is 2.51. The van der Waals surface area contributed by atoms with Crippen LogP contribution in [0.25, 0.3) is 0 Å². The summed E-state index contributed by atoms with van der Waals surface area (Å²) in [6.07, 6.45) is 5.04. The maximum Gasteiger partial charge on any atom is 0.236 e. The predicted octanol–water partition coefficient (Wildman–Crippen LogP) is 2.10. The van der Waals surface area contributed by atoms with Crippen LogP contribution in [0, 0.1) is 5.41 Å². The second kappa shape index (κ2) is 6.04. The second-order valence-corrected chi connectivity index (χ2v) is 7.70. The summed E-state index contributed by atoms with van der Waals surface area (Å²) in [5.41, 5.74) is 1.49. The Morgan fingerprint density at radius 3 is 2.54 bits per heavy atom. The maximum absolute atomic E-state index is 12.8. The van der Waals surface area contributed by atoms with Crippen molar-refractivity contribution < 1.29 is 19.2 Å². The number of Topliss-reactive ketones (excluding diaryl/α,β-unsaturated/α-hetero) is 1. The highest BCUT2D eigenvalue weighted by Crippen LogP contribution is 2.45. The molecule has 1 saturated heterocycles. The molecule has 2 aliphatic heterocycles. The Morgan fingerprint density at radius 2 is 1.81 bits per heavy atom. The lowest BCUT2D eigenvalue weighted by atomic mass is 9.73. The number of anilines is 1. The fraction of sp³-hybridized carbons (Fsp3) is 0.500. The number of likely N-dealkylation sites (N-methyl/N-ethyl adjacent to an activating group) is 1. The topological polar surface area (TPSA) is 74.8 Å². The van der Waals surface area contributed by atoms with Crippen molar-refractivity contribution in [2.75, 3.05) is 18.5 Å². The molecule has 0 unspecified atom stereocenters. The molecule has 3 amide bonds. The smallest absolute Gasteiger partial charge is 0.236 e. The van der Waals surface area contributed by atoms with Crippen molar-refractivity contribution in [1.29, 1.82) is 0 Å². The van der Waals surface area contributed by atoms with E-state index < -0.39 is 5.41 Å². The summed E-state index contributed by atoms with van der Waals surface area (Å²) in [7, 11) is 1.71. The number of nitrogens with zero attached hydrogens (tertiary/aromatic N) is 2. The third-order valence-electron chi connectivity index (χ3n) is 6.08. The van der Waals surface area contributed by atoms with Crippen LogP contribution in [0.5, 0.6) is 0 Å². The van der Waals surface area contributed by atoms with Crippen LogP contribution in [0.1, 0.15) is 54.4 Å². The van der Waals surface area contributed by atoms with E-state index in [1.54, 1.807) is 30.1 Å². The van der Waals surface area contributed by atoms with Gasteiger partial charge in [-0.2, -0.15) is 0 Å². The Balaban J connectivity index is 1.52. The number of carbonyl (C=O) groups is 4. The number of benzene rings is 1. The number of hydrogen-bond acceptors (Lipinski definition) is 4. The Morgan fingerprint density at radius 1 is 1.08 bits per heavy atom. The summed E-state index contributed by atoms with van der Waals surface area (Å²) >= 11 is 0. The third kappa shape index (κ3) is 2.55. The van der Waals surface area contributed by atoms with Gasteiger partial charge in [0.15, 0.2) is 5.78 Å². The Hall–Kier alpha value is -2.50. The van der Waals surface area contributed by atoms with Gasteiger partial charge in [-0.15, -0.1) is 0 Å². The van der Waals surface area contributed by atoms with Gasteiger partial charge in [0.05, 0.1) is 18.4 Å². The quantitative estimate of drug-likeness (QED) is 0.615. The lowest BCUT2D eigenvalue weighted by Gasteiger charge is -2.30. The molecule has 0 aromatic heterocycles. The molecule has 1 aliphatic carbocycles. The molecule has 26 heavy (non-hydrogen) atoms. The predicted molar refractivity (Wildman–Crippen MR) is 94.7 cm³/mol. The van der Waals surface area contributed by atoms with Crippen LogP contribution in [-0.2, 0) is 20.8 Å². The number of carbonyl (C=O) groups excluding carboxylic acids is 4. The van der Waals surface area contributed by atoms with E-state index >= 15 is 0 Å². The minimum absolute atomic E-state index is 0.00580. The van der Waals surface area contributed by atoms with Crippen LogP contribution in [0.2, 0.25) is 0 Å². The van der Waals surface area contributed by atoms with Crippen LogP contribution in [0.4, 0.5) is 5.69 Å². The van der Waals surface area contributed by atoms with E-state index in [9.17, 15) is 19.2 Å².